The molecule has 0 aliphatic heterocycles. The van der Waals surface area contributed by atoms with E-state index in [1.54, 1.807) is 37.7 Å². The zero-order chi connectivity index (χ0) is 24.7. The molecule has 3 heterocycles. The Bertz CT molecular complexity index is 1470. The van der Waals surface area contributed by atoms with E-state index in [1.165, 1.54) is 0 Å². The molecule has 8 nitrogen and oxygen atoms in total. The molecule has 0 fully saturated rings. The lowest BCUT2D eigenvalue weighted by Gasteiger charge is -2.12. The first-order chi connectivity index (χ1) is 17.7. The SMILES string of the molecule is COCCOc1ncccc1NC(=O)c1cc(-c2ccccc2)nc2c1cnn2Cc1ccccc1. The van der Waals surface area contributed by atoms with Crippen LogP contribution in [0.1, 0.15) is 15.9 Å². The number of fused-ring (bicyclic) bond motifs is 1. The Labute approximate surface area is 208 Å². The third kappa shape index (κ3) is 5.08. The average molecular weight is 480 g/mol. The van der Waals surface area contributed by atoms with E-state index in [-0.39, 0.29) is 5.91 Å². The van der Waals surface area contributed by atoms with Gasteiger partial charge in [-0.2, -0.15) is 5.10 Å². The normalized spacial score (nSPS) is 10.9. The molecule has 2 aromatic carbocycles. The molecule has 180 valence electrons. The van der Waals surface area contributed by atoms with Gasteiger partial charge in [0.25, 0.3) is 5.91 Å². The predicted molar refractivity (Wildman–Crippen MR) is 138 cm³/mol. The monoisotopic (exact) mass is 479 g/mol. The van der Waals surface area contributed by atoms with Crippen LogP contribution in [0.5, 0.6) is 5.88 Å². The summed E-state index contributed by atoms with van der Waals surface area (Å²) in [6.07, 6.45) is 3.30. The van der Waals surface area contributed by atoms with Crippen molar-refractivity contribution in [3.05, 3.63) is 102 Å². The number of carbonyl (C=O) groups excluding carboxylic acids is 1. The maximum Gasteiger partial charge on any atom is 0.256 e. The molecule has 0 unspecified atom stereocenters. The number of nitrogens with one attached hydrogen (secondary N) is 1. The number of pyridine rings is 2. The molecule has 3 aromatic heterocycles. The second-order valence-corrected chi connectivity index (χ2v) is 8.10. The lowest BCUT2D eigenvalue weighted by molar-refractivity contribution is 0.102. The summed E-state index contributed by atoms with van der Waals surface area (Å²) in [5.41, 5.74) is 4.25. The highest BCUT2D eigenvalue weighted by Crippen LogP contribution is 2.27. The molecule has 0 atom stereocenters. The maximum absolute atomic E-state index is 13.6. The Morgan fingerprint density at radius 1 is 0.972 bits per heavy atom. The topological polar surface area (TPSA) is 91.2 Å². The number of rotatable bonds is 9. The summed E-state index contributed by atoms with van der Waals surface area (Å²) < 4.78 is 12.5. The van der Waals surface area contributed by atoms with Gasteiger partial charge in [0.05, 0.1) is 36.0 Å². The first-order valence-electron chi connectivity index (χ1n) is 11.6. The second kappa shape index (κ2) is 10.8. The molecule has 0 bridgehead atoms. The highest BCUT2D eigenvalue weighted by molar-refractivity contribution is 6.13. The zero-order valence-electron chi connectivity index (χ0n) is 19.8. The second-order valence-electron chi connectivity index (χ2n) is 8.10. The third-order valence-corrected chi connectivity index (χ3v) is 5.64. The molecule has 0 saturated heterocycles. The van der Waals surface area contributed by atoms with Gasteiger partial charge in [0, 0.05) is 18.9 Å². The van der Waals surface area contributed by atoms with Crippen LogP contribution in [0.2, 0.25) is 0 Å². The van der Waals surface area contributed by atoms with Crippen LogP contribution < -0.4 is 10.1 Å². The molecular formula is C28H25N5O3. The van der Waals surface area contributed by atoms with Gasteiger partial charge in [-0.25, -0.2) is 14.6 Å². The van der Waals surface area contributed by atoms with Crippen molar-refractivity contribution in [3.8, 4) is 17.1 Å². The average Bonchev–Trinajstić information content (AvgIpc) is 3.32. The van der Waals surface area contributed by atoms with Gasteiger partial charge in [0.2, 0.25) is 5.88 Å². The smallest absolute Gasteiger partial charge is 0.256 e. The lowest BCUT2D eigenvalue weighted by atomic mass is 10.1. The fourth-order valence-electron chi connectivity index (χ4n) is 3.88. The summed E-state index contributed by atoms with van der Waals surface area (Å²) in [6.45, 7) is 1.27. The van der Waals surface area contributed by atoms with Crippen LogP contribution in [0.3, 0.4) is 0 Å². The van der Waals surface area contributed by atoms with Gasteiger partial charge in [-0.05, 0) is 23.8 Å². The quantitative estimate of drug-likeness (QED) is 0.305. The van der Waals surface area contributed by atoms with Crippen molar-refractivity contribution >= 4 is 22.6 Å². The first-order valence-corrected chi connectivity index (χ1v) is 11.6. The molecule has 5 aromatic rings. The number of benzene rings is 2. The first kappa shape index (κ1) is 23.2. The van der Waals surface area contributed by atoms with Gasteiger partial charge in [0.1, 0.15) is 12.3 Å². The summed E-state index contributed by atoms with van der Waals surface area (Å²) in [5, 5.41) is 8.18. The molecule has 0 aliphatic rings. The number of hydrogen-bond donors (Lipinski definition) is 1. The minimum absolute atomic E-state index is 0.302. The van der Waals surface area contributed by atoms with Gasteiger partial charge in [-0.3, -0.25) is 4.79 Å². The summed E-state index contributed by atoms with van der Waals surface area (Å²) in [7, 11) is 1.60. The van der Waals surface area contributed by atoms with E-state index in [0.717, 1.165) is 11.1 Å². The number of anilines is 1. The van der Waals surface area contributed by atoms with Crippen LogP contribution in [0.4, 0.5) is 5.69 Å². The predicted octanol–water partition coefficient (Wildman–Crippen LogP) is 4.82. The number of hydrogen-bond acceptors (Lipinski definition) is 6. The van der Waals surface area contributed by atoms with Gasteiger partial charge < -0.3 is 14.8 Å². The van der Waals surface area contributed by atoms with E-state index in [1.807, 2.05) is 65.3 Å². The van der Waals surface area contributed by atoms with Crippen molar-refractivity contribution in [2.24, 2.45) is 0 Å². The molecule has 0 spiro atoms. The van der Waals surface area contributed by atoms with Crippen LogP contribution in [0.25, 0.3) is 22.3 Å². The molecule has 1 amide bonds. The van der Waals surface area contributed by atoms with E-state index in [2.05, 4.69) is 15.4 Å². The van der Waals surface area contributed by atoms with Crippen molar-refractivity contribution in [1.29, 1.82) is 0 Å². The number of ether oxygens (including phenoxy) is 2. The van der Waals surface area contributed by atoms with Gasteiger partial charge >= 0.3 is 0 Å². The summed E-state index contributed by atoms with van der Waals surface area (Å²) >= 11 is 0. The molecule has 36 heavy (non-hydrogen) atoms. The largest absolute Gasteiger partial charge is 0.474 e. The Morgan fingerprint density at radius 3 is 2.53 bits per heavy atom. The molecule has 5 rings (SSSR count). The van der Waals surface area contributed by atoms with Crippen molar-refractivity contribution in [2.45, 2.75) is 6.54 Å². The van der Waals surface area contributed by atoms with Crippen LogP contribution in [-0.2, 0) is 11.3 Å². The van der Waals surface area contributed by atoms with E-state index in [9.17, 15) is 4.79 Å². The number of nitrogens with zero attached hydrogens (tertiary/aromatic N) is 4. The van der Waals surface area contributed by atoms with Crippen molar-refractivity contribution in [1.82, 2.24) is 19.7 Å². The highest BCUT2D eigenvalue weighted by atomic mass is 16.5. The third-order valence-electron chi connectivity index (χ3n) is 5.64. The number of carbonyl (C=O) groups is 1. The fourth-order valence-corrected chi connectivity index (χ4v) is 3.88. The maximum atomic E-state index is 13.6. The Morgan fingerprint density at radius 2 is 1.75 bits per heavy atom. The number of methoxy groups -OCH3 is 1. The summed E-state index contributed by atoms with van der Waals surface area (Å²) in [4.78, 5) is 22.7. The summed E-state index contributed by atoms with van der Waals surface area (Å²) in [5.74, 6) is 0.0275. The van der Waals surface area contributed by atoms with Crippen LogP contribution >= 0.6 is 0 Å². The Kier molecular flexibility index (Phi) is 6.95. The highest BCUT2D eigenvalue weighted by Gasteiger charge is 2.19. The van der Waals surface area contributed by atoms with E-state index < -0.39 is 0 Å². The van der Waals surface area contributed by atoms with E-state index in [0.29, 0.717) is 53.6 Å². The van der Waals surface area contributed by atoms with Crippen molar-refractivity contribution in [3.63, 3.8) is 0 Å². The Balaban J connectivity index is 1.54. The standard InChI is InChI=1S/C28H25N5O3/c1-35-15-16-36-28-24(13-8-14-29-28)32-27(34)22-17-25(21-11-6-3-7-12-21)31-26-23(22)18-30-33(26)19-20-9-4-2-5-10-20/h2-14,17-18H,15-16,19H2,1H3,(H,32,34). The van der Waals surface area contributed by atoms with Crippen LogP contribution in [0, 0.1) is 0 Å². The zero-order valence-corrected chi connectivity index (χ0v) is 19.8. The number of amides is 1. The molecule has 0 aliphatic carbocycles. The molecule has 8 heteroatoms. The van der Waals surface area contributed by atoms with Gasteiger partial charge in [0.15, 0.2) is 5.65 Å². The van der Waals surface area contributed by atoms with Crippen molar-refractivity contribution < 1.29 is 14.3 Å². The fraction of sp³-hybridized carbons (Fsp3) is 0.143. The lowest BCUT2D eigenvalue weighted by Crippen LogP contribution is -2.15. The Hall–Kier alpha value is -4.56. The molecule has 0 radical (unpaired) electrons. The minimum Gasteiger partial charge on any atom is -0.474 e. The van der Waals surface area contributed by atoms with E-state index in [4.69, 9.17) is 14.5 Å². The molecular weight excluding hydrogens is 454 g/mol. The van der Waals surface area contributed by atoms with Gasteiger partial charge in [-0.15, -0.1) is 0 Å². The van der Waals surface area contributed by atoms with Gasteiger partial charge in [-0.1, -0.05) is 60.7 Å². The minimum atomic E-state index is -0.302. The van der Waals surface area contributed by atoms with Crippen LogP contribution in [-0.4, -0.2) is 46.0 Å². The molecule has 0 saturated carbocycles. The number of aromatic nitrogens is 4. The van der Waals surface area contributed by atoms with Crippen molar-refractivity contribution in [2.75, 3.05) is 25.6 Å². The summed E-state index contributed by atoms with van der Waals surface area (Å²) in [6, 6.07) is 25.1. The van der Waals surface area contributed by atoms with Crippen LogP contribution in [0.15, 0.2) is 91.3 Å². The molecule has 1 N–H and O–H groups in total. The van der Waals surface area contributed by atoms with E-state index >= 15 is 0 Å².